The number of halogens is 1. The van der Waals surface area contributed by atoms with Crippen molar-refractivity contribution >= 4 is 43.1 Å². The Kier molecular flexibility index (Phi) is 4.82. The molecule has 1 saturated heterocycles. The summed E-state index contributed by atoms with van der Waals surface area (Å²) in [6, 6.07) is 7.20. The van der Waals surface area contributed by atoms with E-state index in [1.807, 2.05) is 12.1 Å². The second kappa shape index (κ2) is 6.66. The number of nitrogens with one attached hydrogen (secondary N) is 1. The van der Waals surface area contributed by atoms with Crippen LogP contribution in [0, 0.1) is 0 Å². The molecule has 1 aliphatic rings. The second-order valence-electron chi connectivity index (χ2n) is 5.10. The average Bonchev–Trinajstić information content (AvgIpc) is 3.17. The lowest BCUT2D eigenvalue weighted by molar-refractivity contribution is 0.583. The van der Waals surface area contributed by atoms with E-state index in [0.29, 0.717) is 4.21 Å². The van der Waals surface area contributed by atoms with Gasteiger partial charge in [-0.3, -0.25) is 0 Å². The highest BCUT2D eigenvalue weighted by Gasteiger charge is 2.17. The van der Waals surface area contributed by atoms with E-state index < -0.39 is 10.0 Å². The predicted octanol–water partition coefficient (Wildman–Crippen LogP) is 2.98. The van der Waals surface area contributed by atoms with Gasteiger partial charge in [0.15, 0.2) is 0 Å². The molecule has 2 aromatic rings. The van der Waals surface area contributed by atoms with Crippen molar-refractivity contribution in [2.45, 2.75) is 23.6 Å². The van der Waals surface area contributed by atoms with Gasteiger partial charge < -0.3 is 4.90 Å². The van der Waals surface area contributed by atoms with Crippen LogP contribution in [0.2, 0.25) is 0 Å². The zero-order valence-electron chi connectivity index (χ0n) is 11.8. The zero-order chi connectivity index (χ0) is 15.6. The van der Waals surface area contributed by atoms with E-state index >= 15 is 0 Å². The standard InChI is InChI=1S/C14H16BrN3O2S2/c15-12-4-6-14(21-12)22(19,20)17-10-11-3-5-13(16-9-11)18-7-1-2-8-18/h3-6,9,17H,1-2,7-8,10H2. The molecule has 1 N–H and O–H groups in total. The molecule has 3 heterocycles. The normalized spacial score (nSPS) is 15.4. The number of aromatic nitrogens is 1. The molecule has 3 rings (SSSR count). The molecule has 5 nitrogen and oxygen atoms in total. The molecule has 0 saturated carbocycles. The van der Waals surface area contributed by atoms with E-state index in [-0.39, 0.29) is 6.54 Å². The molecular formula is C14H16BrN3O2S2. The molecule has 0 amide bonds. The molecular weight excluding hydrogens is 386 g/mol. The Labute approximate surface area is 142 Å². The van der Waals surface area contributed by atoms with Gasteiger partial charge in [-0.1, -0.05) is 6.07 Å². The second-order valence-corrected chi connectivity index (χ2v) is 9.56. The third-order valence-corrected chi connectivity index (χ3v) is 7.04. The van der Waals surface area contributed by atoms with Gasteiger partial charge in [0.1, 0.15) is 10.0 Å². The van der Waals surface area contributed by atoms with E-state index in [1.165, 1.54) is 24.2 Å². The molecule has 0 aliphatic carbocycles. The summed E-state index contributed by atoms with van der Waals surface area (Å²) < 4.78 is 28.0. The first kappa shape index (κ1) is 15.9. The van der Waals surface area contributed by atoms with Crippen LogP contribution in [-0.2, 0) is 16.6 Å². The van der Waals surface area contributed by atoms with E-state index in [0.717, 1.165) is 28.3 Å². The van der Waals surface area contributed by atoms with Gasteiger partial charge in [-0.25, -0.2) is 18.1 Å². The monoisotopic (exact) mass is 401 g/mol. The van der Waals surface area contributed by atoms with Gasteiger partial charge in [-0.05, 0) is 52.5 Å². The van der Waals surface area contributed by atoms with Crippen LogP contribution in [0.15, 0.2) is 38.5 Å². The van der Waals surface area contributed by atoms with Gasteiger partial charge in [0.2, 0.25) is 10.0 Å². The van der Waals surface area contributed by atoms with Gasteiger partial charge in [0.05, 0.1) is 3.79 Å². The van der Waals surface area contributed by atoms with Crippen LogP contribution >= 0.6 is 27.3 Å². The molecule has 0 aromatic carbocycles. The van der Waals surface area contributed by atoms with Crippen molar-refractivity contribution < 1.29 is 8.42 Å². The fourth-order valence-corrected chi connectivity index (χ4v) is 5.42. The highest BCUT2D eigenvalue weighted by molar-refractivity contribution is 9.11. The molecule has 22 heavy (non-hydrogen) atoms. The topological polar surface area (TPSA) is 62.3 Å². The Bertz CT molecular complexity index is 738. The SMILES string of the molecule is O=S(=O)(NCc1ccc(N2CCCC2)nc1)c1ccc(Br)s1. The number of nitrogens with zero attached hydrogens (tertiary/aromatic N) is 2. The molecule has 1 fully saturated rings. The van der Waals surface area contributed by atoms with Crippen LogP contribution < -0.4 is 9.62 Å². The third kappa shape index (κ3) is 3.68. The molecule has 0 unspecified atom stereocenters. The van der Waals surface area contributed by atoms with Crippen LogP contribution in [0.5, 0.6) is 0 Å². The number of rotatable bonds is 5. The number of thiophene rings is 1. The summed E-state index contributed by atoms with van der Waals surface area (Å²) in [4.78, 5) is 6.67. The number of anilines is 1. The summed E-state index contributed by atoms with van der Waals surface area (Å²) in [5.41, 5.74) is 0.849. The van der Waals surface area contributed by atoms with Gasteiger partial charge in [-0.15, -0.1) is 11.3 Å². The number of hydrogen-bond donors (Lipinski definition) is 1. The minimum absolute atomic E-state index is 0.241. The minimum atomic E-state index is -3.46. The summed E-state index contributed by atoms with van der Waals surface area (Å²) in [5, 5.41) is 0. The largest absolute Gasteiger partial charge is 0.357 e. The van der Waals surface area contributed by atoms with E-state index in [1.54, 1.807) is 18.3 Å². The Morgan fingerprint density at radius 1 is 1.23 bits per heavy atom. The quantitative estimate of drug-likeness (QED) is 0.836. The van der Waals surface area contributed by atoms with Crippen molar-refractivity contribution in [2.24, 2.45) is 0 Å². The summed E-state index contributed by atoms with van der Waals surface area (Å²) in [7, 11) is -3.46. The van der Waals surface area contributed by atoms with Gasteiger partial charge in [0.25, 0.3) is 0 Å². The van der Waals surface area contributed by atoms with Crippen molar-refractivity contribution in [3.63, 3.8) is 0 Å². The average molecular weight is 402 g/mol. The molecule has 118 valence electrons. The van der Waals surface area contributed by atoms with Crippen molar-refractivity contribution in [1.29, 1.82) is 0 Å². The number of hydrogen-bond acceptors (Lipinski definition) is 5. The maximum absolute atomic E-state index is 12.1. The van der Waals surface area contributed by atoms with Gasteiger partial charge in [-0.2, -0.15) is 0 Å². The van der Waals surface area contributed by atoms with Crippen molar-refractivity contribution in [3.05, 3.63) is 39.8 Å². The fourth-order valence-electron chi connectivity index (χ4n) is 2.35. The molecule has 0 radical (unpaired) electrons. The van der Waals surface area contributed by atoms with E-state index in [2.05, 4.69) is 30.5 Å². The fraction of sp³-hybridized carbons (Fsp3) is 0.357. The summed E-state index contributed by atoms with van der Waals surface area (Å²) in [5.74, 6) is 0.964. The van der Waals surface area contributed by atoms with E-state index in [9.17, 15) is 8.42 Å². The summed E-state index contributed by atoms with van der Waals surface area (Å²) in [6.45, 7) is 2.34. The molecule has 0 bridgehead atoms. The van der Waals surface area contributed by atoms with Crippen LogP contribution in [0.1, 0.15) is 18.4 Å². The van der Waals surface area contributed by atoms with Crippen LogP contribution in [0.25, 0.3) is 0 Å². The summed E-state index contributed by atoms with van der Waals surface area (Å²) in [6.07, 6.45) is 4.15. The Morgan fingerprint density at radius 2 is 2.00 bits per heavy atom. The van der Waals surface area contributed by atoms with Crippen molar-refractivity contribution in [1.82, 2.24) is 9.71 Å². The highest BCUT2D eigenvalue weighted by atomic mass is 79.9. The third-order valence-electron chi connectivity index (χ3n) is 3.52. The first-order valence-corrected chi connectivity index (χ1v) is 10.1. The smallest absolute Gasteiger partial charge is 0.250 e. The lowest BCUT2D eigenvalue weighted by Gasteiger charge is -2.16. The maximum Gasteiger partial charge on any atom is 0.250 e. The van der Waals surface area contributed by atoms with Crippen LogP contribution in [0.4, 0.5) is 5.82 Å². The minimum Gasteiger partial charge on any atom is -0.357 e. The lowest BCUT2D eigenvalue weighted by Crippen LogP contribution is -2.23. The maximum atomic E-state index is 12.1. The Hall–Kier alpha value is -0.960. The van der Waals surface area contributed by atoms with Crippen molar-refractivity contribution in [2.75, 3.05) is 18.0 Å². The molecule has 0 atom stereocenters. The van der Waals surface area contributed by atoms with E-state index in [4.69, 9.17) is 0 Å². The first-order chi connectivity index (χ1) is 10.5. The number of pyridine rings is 1. The molecule has 0 spiro atoms. The lowest BCUT2D eigenvalue weighted by atomic mass is 10.3. The van der Waals surface area contributed by atoms with Gasteiger partial charge in [0, 0.05) is 25.8 Å². The Balaban J connectivity index is 1.63. The molecule has 1 aliphatic heterocycles. The molecule has 2 aromatic heterocycles. The van der Waals surface area contributed by atoms with Crippen LogP contribution in [-0.4, -0.2) is 26.5 Å². The first-order valence-electron chi connectivity index (χ1n) is 6.99. The van der Waals surface area contributed by atoms with Gasteiger partial charge >= 0.3 is 0 Å². The van der Waals surface area contributed by atoms with Crippen LogP contribution in [0.3, 0.4) is 0 Å². The molecule has 8 heteroatoms. The number of sulfonamides is 1. The van der Waals surface area contributed by atoms with Crippen molar-refractivity contribution in [3.8, 4) is 0 Å². The highest BCUT2D eigenvalue weighted by Crippen LogP contribution is 2.26. The Morgan fingerprint density at radius 3 is 2.59 bits per heavy atom. The predicted molar refractivity (Wildman–Crippen MR) is 91.7 cm³/mol. The summed E-state index contributed by atoms with van der Waals surface area (Å²) >= 11 is 4.47. The zero-order valence-corrected chi connectivity index (χ0v) is 15.0.